The lowest BCUT2D eigenvalue weighted by molar-refractivity contribution is 0.0962. The number of anilines is 1. The van der Waals surface area contributed by atoms with E-state index in [0.29, 0.717) is 5.75 Å². The normalized spacial score (nSPS) is 10.5. The van der Waals surface area contributed by atoms with Crippen molar-refractivity contribution in [1.29, 1.82) is 0 Å². The summed E-state index contributed by atoms with van der Waals surface area (Å²) in [6.45, 7) is 2.15. The molecule has 0 aliphatic heterocycles. The fraction of sp³-hybridized carbons (Fsp3) is 0.111. The zero-order valence-corrected chi connectivity index (χ0v) is 14.9. The van der Waals surface area contributed by atoms with Gasteiger partial charge in [0.15, 0.2) is 17.5 Å². The molecule has 9 heteroatoms. The Morgan fingerprint density at radius 3 is 2.74 bits per heavy atom. The summed E-state index contributed by atoms with van der Waals surface area (Å²) in [7, 11) is 0. The smallest absolute Gasteiger partial charge is 0.269 e. The Morgan fingerprint density at radius 2 is 2.00 bits per heavy atom. The van der Waals surface area contributed by atoms with E-state index in [1.807, 2.05) is 12.3 Å². The summed E-state index contributed by atoms with van der Waals surface area (Å²) in [5.41, 5.74) is 5.07. The Labute approximate surface area is 156 Å². The molecule has 0 saturated carbocycles. The van der Waals surface area contributed by atoms with E-state index >= 15 is 0 Å². The molecule has 1 aromatic heterocycles. The average molecular weight is 393 g/mol. The summed E-state index contributed by atoms with van der Waals surface area (Å²) < 4.78 is 45.3. The predicted molar refractivity (Wildman–Crippen MR) is 95.0 cm³/mol. The molecule has 2 aromatic carbocycles. The maximum atomic E-state index is 13.6. The number of nitrogens with zero attached hydrogens (tertiary/aromatic N) is 1. The van der Waals surface area contributed by atoms with Gasteiger partial charge in [-0.2, -0.15) is 0 Å². The van der Waals surface area contributed by atoms with Gasteiger partial charge >= 0.3 is 0 Å². The number of thiazole rings is 1. The maximum absolute atomic E-state index is 13.6. The highest BCUT2D eigenvalue weighted by Crippen LogP contribution is 2.19. The van der Waals surface area contributed by atoms with E-state index in [9.17, 15) is 18.0 Å². The largest absolute Gasteiger partial charge is 0.487 e. The number of carbonyl (C=O) groups is 1. The van der Waals surface area contributed by atoms with Gasteiger partial charge in [-0.3, -0.25) is 15.6 Å². The predicted octanol–water partition coefficient (Wildman–Crippen LogP) is 4.20. The minimum atomic E-state index is -1.62. The van der Waals surface area contributed by atoms with Gasteiger partial charge in [0.25, 0.3) is 5.91 Å². The van der Waals surface area contributed by atoms with Crippen molar-refractivity contribution in [3.63, 3.8) is 0 Å². The molecule has 5 nitrogen and oxygen atoms in total. The molecule has 3 rings (SSSR count). The lowest BCUT2D eigenvalue weighted by Gasteiger charge is -2.11. The molecule has 0 radical (unpaired) electrons. The number of ether oxygens (including phenoxy) is 1. The first-order valence-corrected chi connectivity index (χ1v) is 8.65. The van der Waals surface area contributed by atoms with Gasteiger partial charge in [-0.1, -0.05) is 6.07 Å². The van der Waals surface area contributed by atoms with Gasteiger partial charge in [0.1, 0.15) is 12.4 Å². The van der Waals surface area contributed by atoms with Crippen LogP contribution in [0.2, 0.25) is 0 Å². The Balaban J connectivity index is 1.62. The number of benzene rings is 2. The summed E-state index contributed by atoms with van der Waals surface area (Å²) >= 11 is 1.51. The first-order valence-electron chi connectivity index (χ1n) is 7.78. The molecule has 1 amide bonds. The Kier molecular flexibility index (Phi) is 5.60. The highest BCUT2D eigenvalue weighted by Gasteiger charge is 2.14. The average Bonchev–Trinajstić information content (AvgIpc) is 3.09. The van der Waals surface area contributed by atoms with Crippen LogP contribution in [0.4, 0.5) is 18.9 Å². The van der Waals surface area contributed by atoms with Crippen molar-refractivity contribution in [3.8, 4) is 5.75 Å². The molecule has 0 unspecified atom stereocenters. The van der Waals surface area contributed by atoms with Crippen LogP contribution in [-0.4, -0.2) is 10.9 Å². The monoisotopic (exact) mass is 393 g/mol. The number of aromatic nitrogens is 1. The quantitative estimate of drug-likeness (QED) is 0.487. The number of halogens is 3. The first-order chi connectivity index (χ1) is 12.9. The third-order valence-corrected chi connectivity index (χ3v) is 4.32. The topological polar surface area (TPSA) is 63.2 Å². The van der Waals surface area contributed by atoms with Gasteiger partial charge in [-0.05, 0) is 37.3 Å². The fourth-order valence-corrected chi connectivity index (χ4v) is 2.77. The summed E-state index contributed by atoms with van der Waals surface area (Å²) in [5, 5.41) is 2.81. The highest BCUT2D eigenvalue weighted by atomic mass is 32.1. The fourth-order valence-electron chi connectivity index (χ4n) is 2.18. The van der Waals surface area contributed by atoms with Crippen molar-refractivity contribution in [2.75, 3.05) is 5.43 Å². The van der Waals surface area contributed by atoms with E-state index in [0.717, 1.165) is 22.8 Å². The third kappa shape index (κ3) is 4.56. The second-order valence-electron chi connectivity index (χ2n) is 5.48. The third-order valence-electron chi connectivity index (χ3n) is 3.50. The van der Waals surface area contributed by atoms with E-state index in [1.165, 1.54) is 23.5 Å². The molecular formula is C18H14F3N3O2S. The number of hydrogen-bond acceptors (Lipinski definition) is 5. The van der Waals surface area contributed by atoms with Crippen LogP contribution in [0.15, 0.2) is 41.8 Å². The zero-order chi connectivity index (χ0) is 19.4. The molecule has 0 saturated heterocycles. The van der Waals surface area contributed by atoms with Gasteiger partial charge < -0.3 is 4.74 Å². The first kappa shape index (κ1) is 18.7. The van der Waals surface area contributed by atoms with Crippen LogP contribution in [0.25, 0.3) is 0 Å². The van der Waals surface area contributed by atoms with Crippen molar-refractivity contribution in [2.45, 2.75) is 13.5 Å². The molecule has 0 bridgehead atoms. The SMILES string of the molecule is Cc1nc(COc2cccc(C(=O)NNc3ccc(F)c(F)c3F)c2)cs1. The number of nitrogens with one attached hydrogen (secondary N) is 2. The molecule has 0 aliphatic carbocycles. The van der Waals surface area contributed by atoms with Crippen LogP contribution < -0.4 is 15.6 Å². The van der Waals surface area contributed by atoms with Crippen molar-refractivity contribution < 1.29 is 22.7 Å². The number of hydrogen-bond donors (Lipinski definition) is 2. The number of rotatable bonds is 6. The molecule has 3 aromatic rings. The lowest BCUT2D eigenvalue weighted by Crippen LogP contribution is -2.30. The maximum Gasteiger partial charge on any atom is 0.269 e. The van der Waals surface area contributed by atoms with Gasteiger partial charge in [0.2, 0.25) is 0 Å². The molecular weight excluding hydrogens is 379 g/mol. The van der Waals surface area contributed by atoms with Crippen LogP contribution in [0.3, 0.4) is 0 Å². The number of carbonyl (C=O) groups excluding carboxylic acids is 1. The van der Waals surface area contributed by atoms with E-state index < -0.39 is 29.0 Å². The molecule has 1 heterocycles. The molecule has 0 fully saturated rings. The molecule has 0 spiro atoms. The van der Waals surface area contributed by atoms with Crippen molar-refractivity contribution in [2.24, 2.45) is 0 Å². The molecule has 140 valence electrons. The van der Waals surface area contributed by atoms with Crippen LogP contribution in [0, 0.1) is 24.4 Å². The van der Waals surface area contributed by atoms with Crippen molar-refractivity contribution >= 4 is 22.9 Å². The van der Waals surface area contributed by atoms with Gasteiger partial charge in [0.05, 0.1) is 16.4 Å². The summed E-state index contributed by atoms with van der Waals surface area (Å²) in [6, 6.07) is 8.05. The molecule has 27 heavy (non-hydrogen) atoms. The molecule has 2 N–H and O–H groups in total. The van der Waals surface area contributed by atoms with E-state index in [2.05, 4.69) is 15.8 Å². The second-order valence-corrected chi connectivity index (χ2v) is 6.54. The van der Waals surface area contributed by atoms with Gasteiger partial charge in [-0.25, -0.2) is 18.2 Å². The van der Waals surface area contributed by atoms with Crippen LogP contribution in [-0.2, 0) is 6.61 Å². The number of hydrazine groups is 1. The minimum absolute atomic E-state index is 0.234. The second kappa shape index (κ2) is 8.09. The number of amides is 1. The molecule has 0 aliphatic rings. The molecule has 0 atom stereocenters. The Hall–Kier alpha value is -3.07. The standard InChI is InChI=1S/C18H14F3N3O2S/c1-10-22-12(9-27-10)8-26-13-4-2-3-11(7-13)18(25)24-23-15-6-5-14(19)16(20)17(15)21/h2-7,9,23H,8H2,1H3,(H,24,25). The minimum Gasteiger partial charge on any atom is -0.487 e. The van der Waals surface area contributed by atoms with Gasteiger partial charge in [0, 0.05) is 10.9 Å². The van der Waals surface area contributed by atoms with E-state index in [1.54, 1.807) is 12.1 Å². The van der Waals surface area contributed by atoms with Crippen LogP contribution >= 0.6 is 11.3 Å². The van der Waals surface area contributed by atoms with Crippen molar-refractivity contribution in [3.05, 3.63) is 75.5 Å². The Bertz CT molecular complexity index is 978. The summed E-state index contributed by atoms with van der Waals surface area (Å²) in [5.74, 6) is -4.52. The van der Waals surface area contributed by atoms with E-state index in [-0.39, 0.29) is 12.2 Å². The van der Waals surface area contributed by atoms with E-state index in [4.69, 9.17) is 4.74 Å². The van der Waals surface area contributed by atoms with Crippen LogP contribution in [0.5, 0.6) is 5.75 Å². The number of aryl methyl sites for hydroxylation is 1. The Morgan fingerprint density at radius 1 is 1.19 bits per heavy atom. The highest BCUT2D eigenvalue weighted by molar-refractivity contribution is 7.09. The van der Waals surface area contributed by atoms with Gasteiger partial charge in [-0.15, -0.1) is 11.3 Å². The lowest BCUT2D eigenvalue weighted by atomic mass is 10.2. The summed E-state index contributed by atoms with van der Waals surface area (Å²) in [6.07, 6.45) is 0. The zero-order valence-electron chi connectivity index (χ0n) is 14.1. The van der Waals surface area contributed by atoms with Crippen LogP contribution in [0.1, 0.15) is 21.1 Å². The van der Waals surface area contributed by atoms with Crippen molar-refractivity contribution in [1.82, 2.24) is 10.4 Å². The summed E-state index contributed by atoms with van der Waals surface area (Å²) in [4.78, 5) is 16.5.